The van der Waals surface area contributed by atoms with Gasteiger partial charge in [-0.3, -0.25) is 10.1 Å². The molecule has 0 aliphatic heterocycles. The van der Waals surface area contributed by atoms with Gasteiger partial charge in [-0.15, -0.1) is 0 Å². The summed E-state index contributed by atoms with van der Waals surface area (Å²) < 4.78 is 43.0. The van der Waals surface area contributed by atoms with Crippen LogP contribution in [-0.4, -0.2) is 32.5 Å². The van der Waals surface area contributed by atoms with Gasteiger partial charge in [0.1, 0.15) is 12.4 Å². The minimum atomic E-state index is -3.95. The molecule has 0 fully saturated rings. The van der Waals surface area contributed by atoms with Gasteiger partial charge in [0.25, 0.3) is 5.91 Å². The number of carbonyl (C=O) groups excluding carboxylic acids is 1. The second-order valence-corrected chi connectivity index (χ2v) is 8.68. The van der Waals surface area contributed by atoms with E-state index in [0.29, 0.717) is 11.6 Å². The minimum absolute atomic E-state index is 0.0302. The standard InChI is InChI=1S/C17H17ClFN3O4S2/c1-2-20-28(24,25)26-9-15(23)22-17-21-14-5-3-4-11(16(14)27-17)10-6-7-13(19)12(18)8-10/h4,6-8,20H,2-3,5,9H2,1H3,(H,21,22,23). The van der Waals surface area contributed by atoms with Crippen molar-refractivity contribution in [3.05, 3.63) is 51.2 Å². The molecule has 11 heteroatoms. The van der Waals surface area contributed by atoms with Crippen LogP contribution < -0.4 is 10.0 Å². The molecule has 2 aromatic rings. The molecule has 0 spiro atoms. The van der Waals surface area contributed by atoms with Crippen molar-refractivity contribution in [3.8, 4) is 0 Å². The van der Waals surface area contributed by atoms with Crippen LogP contribution in [0.25, 0.3) is 5.57 Å². The molecule has 2 N–H and O–H groups in total. The van der Waals surface area contributed by atoms with Crippen molar-refractivity contribution >= 4 is 49.9 Å². The van der Waals surface area contributed by atoms with Crippen LogP contribution in [-0.2, 0) is 25.7 Å². The highest BCUT2D eigenvalue weighted by Crippen LogP contribution is 2.38. The van der Waals surface area contributed by atoms with E-state index >= 15 is 0 Å². The number of benzene rings is 1. The maximum Gasteiger partial charge on any atom is 0.336 e. The number of hydrogen-bond donors (Lipinski definition) is 2. The third-order valence-electron chi connectivity index (χ3n) is 3.81. The number of anilines is 1. The molecule has 1 aromatic heterocycles. The second kappa shape index (κ2) is 8.66. The molecule has 28 heavy (non-hydrogen) atoms. The summed E-state index contributed by atoms with van der Waals surface area (Å²) in [6.45, 7) is 1.10. The van der Waals surface area contributed by atoms with Crippen molar-refractivity contribution in [3.63, 3.8) is 0 Å². The summed E-state index contributed by atoms with van der Waals surface area (Å²) in [4.78, 5) is 17.2. The number of nitrogens with one attached hydrogen (secondary N) is 2. The molecule has 0 atom stereocenters. The molecule has 1 heterocycles. The third-order valence-corrected chi connectivity index (χ3v) is 6.22. The highest BCUT2D eigenvalue weighted by atomic mass is 35.5. The Morgan fingerprint density at radius 2 is 2.21 bits per heavy atom. The minimum Gasteiger partial charge on any atom is -0.300 e. The zero-order valence-corrected chi connectivity index (χ0v) is 17.2. The van der Waals surface area contributed by atoms with Crippen LogP contribution in [0, 0.1) is 5.82 Å². The van der Waals surface area contributed by atoms with E-state index in [0.717, 1.165) is 28.1 Å². The number of amides is 1. The first-order chi connectivity index (χ1) is 13.3. The maximum absolute atomic E-state index is 13.4. The van der Waals surface area contributed by atoms with E-state index < -0.39 is 28.6 Å². The van der Waals surface area contributed by atoms with Gasteiger partial charge in [0.05, 0.1) is 15.6 Å². The van der Waals surface area contributed by atoms with Gasteiger partial charge < -0.3 is 0 Å². The largest absolute Gasteiger partial charge is 0.336 e. The zero-order chi connectivity index (χ0) is 20.3. The lowest BCUT2D eigenvalue weighted by Gasteiger charge is -2.13. The Labute approximate surface area is 170 Å². The maximum atomic E-state index is 13.4. The van der Waals surface area contributed by atoms with Crippen LogP contribution in [0.2, 0.25) is 5.02 Å². The van der Waals surface area contributed by atoms with Gasteiger partial charge >= 0.3 is 10.3 Å². The summed E-state index contributed by atoms with van der Waals surface area (Å²) in [5, 5.41) is 2.91. The van der Waals surface area contributed by atoms with Crippen molar-refractivity contribution < 1.29 is 21.8 Å². The molecule has 1 aliphatic carbocycles. The average molecular weight is 446 g/mol. The Morgan fingerprint density at radius 3 is 2.93 bits per heavy atom. The first kappa shape index (κ1) is 20.9. The van der Waals surface area contributed by atoms with Crippen molar-refractivity contribution in [1.82, 2.24) is 9.71 Å². The first-order valence-electron chi connectivity index (χ1n) is 8.38. The van der Waals surface area contributed by atoms with E-state index in [1.165, 1.54) is 17.4 Å². The lowest BCUT2D eigenvalue weighted by molar-refractivity contribution is -0.118. The quantitative estimate of drug-likeness (QED) is 0.682. The molecule has 0 saturated carbocycles. The number of aromatic nitrogens is 1. The molecule has 150 valence electrons. The molecule has 3 rings (SSSR count). The van der Waals surface area contributed by atoms with Crippen LogP contribution >= 0.6 is 22.9 Å². The van der Waals surface area contributed by atoms with E-state index in [9.17, 15) is 17.6 Å². The van der Waals surface area contributed by atoms with Gasteiger partial charge in [-0.2, -0.15) is 13.1 Å². The van der Waals surface area contributed by atoms with Crippen molar-refractivity contribution in [2.45, 2.75) is 19.8 Å². The van der Waals surface area contributed by atoms with E-state index in [1.807, 2.05) is 6.08 Å². The summed E-state index contributed by atoms with van der Waals surface area (Å²) in [5.41, 5.74) is 2.43. The molecule has 1 aliphatic rings. The number of carbonyl (C=O) groups is 1. The Bertz CT molecular complexity index is 1040. The van der Waals surface area contributed by atoms with Gasteiger partial charge in [-0.1, -0.05) is 42.0 Å². The summed E-state index contributed by atoms with van der Waals surface area (Å²) in [5.74, 6) is -1.13. The van der Waals surface area contributed by atoms with Crippen LogP contribution in [0.4, 0.5) is 9.52 Å². The van der Waals surface area contributed by atoms with E-state index in [2.05, 4.69) is 19.2 Å². The number of aryl methyl sites for hydroxylation is 1. The predicted molar refractivity (Wildman–Crippen MR) is 106 cm³/mol. The van der Waals surface area contributed by atoms with Crippen LogP contribution in [0.3, 0.4) is 0 Å². The second-order valence-electron chi connectivity index (χ2n) is 5.84. The van der Waals surface area contributed by atoms with Gasteiger partial charge in [0, 0.05) is 6.54 Å². The number of fused-ring (bicyclic) bond motifs is 1. The number of halogens is 2. The molecule has 0 saturated heterocycles. The Kier molecular flexibility index (Phi) is 6.46. The highest BCUT2D eigenvalue weighted by Gasteiger charge is 2.21. The van der Waals surface area contributed by atoms with Gasteiger partial charge in [0.2, 0.25) is 0 Å². The van der Waals surface area contributed by atoms with Crippen LogP contribution in [0.15, 0.2) is 24.3 Å². The molecule has 7 nitrogen and oxygen atoms in total. The van der Waals surface area contributed by atoms with Gasteiger partial charge in [-0.05, 0) is 36.1 Å². The molecule has 0 unspecified atom stereocenters. The number of rotatable bonds is 7. The van der Waals surface area contributed by atoms with Crippen LogP contribution in [0.5, 0.6) is 0 Å². The van der Waals surface area contributed by atoms with Gasteiger partial charge in [-0.25, -0.2) is 13.6 Å². The molecule has 1 aromatic carbocycles. The summed E-state index contributed by atoms with van der Waals surface area (Å²) in [6, 6.07) is 4.49. The smallest absolute Gasteiger partial charge is 0.300 e. The third kappa shape index (κ3) is 4.95. The van der Waals surface area contributed by atoms with Crippen molar-refractivity contribution in [2.24, 2.45) is 0 Å². The fourth-order valence-corrected chi connectivity index (χ4v) is 4.62. The Balaban J connectivity index is 1.74. The lowest BCUT2D eigenvalue weighted by Crippen LogP contribution is -2.29. The van der Waals surface area contributed by atoms with Gasteiger partial charge in [0.15, 0.2) is 5.13 Å². The monoisotopic (exact) mass is 445 g/mol. The SMILES string of the molecule is CCNS(=O)(=O)OCC(=O)Nc1nc2c(s1)C(c1ccc(F)c(Cl)c1)=CCC2. The van der Waals surface area contributed by atoms with Crippen LogP contribution in [0.1, 0.15) is 29.5 Å². The Hall–Kier alpha value is -1.85. The van der Waals surface area contributed by atoms with Crippen molar-refractivity contribution in [2.75, 3.05) is 18.5 Å². The highest BCUT2D eigenvalue weighted by molar-refractivity contribution is 7.84. The van der Waals surface area contributed by atoms with Crippen molar-refractivity contribution in [1.29, 1.82) is 0 Å². The topological polar surface area (TPSA) is 97.4 Å². The average Bonchev–Trinajstić information content (AvgIpc) is 3.04. The van der Waals surface area contributed by atoms with E-state index in [4.69, 9.17) is 11.6 Å². The number of nitrogens with zero attached hydrogens (tertiary/aromatic N) is 1. The number of allylic oxidation sites excluding steroid dienone is 1. The number of hydrogen-bond acceptors (Lipinski definition) is 6. The normalized spacial score (nSPS) is 13.8. The number of thiazole rings is 1. The molecule has 0 bridgehead atoms. The molecular formula is C17H17ClFN3O4S2. The summed E-state index contributed by atoms with van der Waals surface area (Å²) in [6.07, 6.45) is 3.46. The fourth-order valence-electron chi connectivity index (χ4n) is 2.65. The molecule has 0 radical (unpaired) electrons. The fraction of sp³-hybridized carbons (Fsp3) is 0.294. The Morgan fingerprint density at radius 1 is 1.43 bits per heavy atom. The molecular weight excluding hydrogens is 429 g/mol. The van der Waals surface area contributed by atoms with E-state index in [-0.39, 0.29) is 11.6 Å². The lowest BCUT2D eigenvalue weighted by atomic mass is 9.96. The predicted octanol–water partition coefficient (Wildman–Crippen LogP) is 3.12. The summed E-state index contributed by atoms with van der Waals surface area (Å²) >= 11 is 7.14. The zero-order valence-electron chi connectivity index (χ0n) is 14.8. The van der Waals surface area contributed by atoms with E-state index in [1.54, 1.807) is 19.1 Å². The molecule has 1 amide bonds. The first-order valence-corrected chi connectivity index (χ1v) is 11.0. The summed E-state index contributed by atoms with van der Waals surface area (Å²) in [7, 11) is -3.95.